The van der Waals surface area contributed by atoms with Gasteiger partial charge in [-0.2, -0.15) is 0 Å². The second-order valence-electron chi connectivity index (χ2n) is 2.67. The third-order valence-corrected chi connectivity index (χ3v) is 5.34. The molecule has 1 aliphatic rings. The Labute approximate surface area is 107 Å². The van der Waals surface area contributed by atoms with Gasteiger partial charge >= 0.3 is 0 Å². The van der Waals surface area contributed by atoms with Gasteiger partial charge in [-0.1, -0.05) is 0 Å². The Morgan fingerprint density at radius 3 is 2.60 bits per heavy atom. The van der Waals surface area contributed by atoms with Gasteiger partial charge in [0.1, 0.15) is 4.90 Å². The van der Waals surface area contributed by atoms with Crippen molar-refractivity contribution in [3.8, 4) is 11.5 Å². The Morgan fingerprint density at radius 1 is 1.33 bits per heavy atom. The number of rotatable bonds is 1. The van der Waals surface area contributed by atoms with Crippen molar-refractivity contribution in [1.29, 1.82) is 0 Å². The molecule has 0 atom stereocenters. The van der Waals surface area contributed by atoms with Crippen molar-refractivity contribution in [3.05, 3.63) is 15.0 Å². The Hall–Kier alpha value is 0.0200. The molecule has 0 saturated carbocycles. The first-order valence-electron chi connectivity index (χ1n) is 3.63. The number of hydrogen-bond donors (Lipinski definition) is 0. The Balaban J connectivity index is 2.83. The summed E-state index contributed by atoms with van der Waals surface area (Å²) in [4.78, 5) is -0.119. The van der Waals surface area contributed by atoms with Crippen molar-refractivity contribution >= 4 is 51.6 Å². The summed E-state index contributed by atoms with van der Waals surface area (Å²) in [6.45, 7) is -0.0162. The van der Waals surface area contributed by atoms with Crippen molar-refractivity contribution in [2.24, 2.45) is 0 Å². The smallest absolute Gasteiger partial charge is 0.266 e. The van der Waals surface area contributed by atoms with Gasteiger partial charge in [-0.25, -0.2) is 8.42 Å². The van der Waals surface area contributed by atoms with Crippen molar-refractivity contribution in [2.75, 3.05) is 6.79 Å². The number of halogens is 3. The molecule has 0 fully saturated rings. The molecule has 0 bridgehead atoms. The first kappa shape index (κ1) is 11.5. The molecule has 8 heteroatoms. The van der Waals surface area contributed by atoms with Crippen LogP contribution < -0.4 is 9.47 Å². The Morgan fingerprint density at radius 2 is 2.00 bits per heavy atom. The van der Waals surface area contributed by atoms with Crippen LogP contribution in [0.4, 0.5) is 0 Å². The van der Waals surface area contributed by atoms with Crippen LogP contribution >= 0.6 is 42.5 Å². The first-order chi connectivity index (χ1) is 6.91. The molecule has 15 heavy (non-hydrogen) atoms. The van der Waals surface area contributed by atoms with Gasteiger partial charge in [0, 0.05) is 15.2 Å². The minimum Gasteiger partial charge on any atom is -0.454 e. The van der Waals surface area contributed by atoms with Crippen LogP contribution in [-0.2, 0) is 9.05 Å². The van der Waals surface area contributed by atoms with E-state index in [0.29, 0.717) is 14.7 Å². The quantitative estimate of drug-likeness (QED) is 0.705. The highest BCUT2D eigenvalue weighted by Gasteiger charge is 2.29. The van der Waals surface area contributed by atoms with E-state index in [-0.39, 0.29) is 17.4 Å². The van der Waals surface area contributed by atoms with E-state index in [9.17, 15) is 8.42 Å². The molecule has 82 valence electrons. The molecular formula is C7H3Br2ClO4S. The van der Waals surface area contributed by atoms with Gasteiger partial charge in [-0.15, -0.1) is 0 Å². The summed E-state index contributed by atoms with van der Waals surface area (Å²) in [6, 6.07) is 1.61. The molecule has 0 N–H and O–H groups in total. The monoisotopic (exact) mass is 376 g/mol. The molecule has 1 aromatic rings. The van der Waals surface area contributed by atoms with E-state index in [2.05, 4.69) is 31.9 Å². The molecule has 0 aromatic heterocycles. The number of benzene rings is 1. The van der Waals surface area contributed by atoms with E-state index in [1.165, 1.54) is 0 Å². The summed E-state index contributed by atoms with van der Waals surface area (Å²) >= 11 is 6.31. The molecule has 1 aromatic carbocycles. The molecule has 1 heterocycles. The third-order valence-electron chi connectivity index (χ3n) is 1.76. The molecule has 0 radical (unpaired) electrons. The normalized spacial score (nSPS) is 14.3. The molecule has 0 spiro atoms. The summed E-state index contributed by atoms with van der Waals surface area (Å²) < 4.78 is 33.7. The highest BCUT2D eigenvalue weighted by molar-refractivity contribution is 9.13. The molecule has 0 unspecified atom stereocenters. The standard InChI is InChI=1S/C7H3Br2ClO4S/c8-3-1-4-6(14-2-13-4)7(5(3)9)15(10,11)12/h1H,2H2. The molecule has 0 amide bonds. The van der Waals surface area contributed by atoms with Gasteiger partial charge in [0.05, 0.1) is 4.47 Å². The molecule has 1 aliphatic heterocycles. The van der Waals surface area contributed by atoms with Crippen LogP contribution in [0.15, 0.2) is 19.9 Å². The van der Waals surface area contributed by atoms with Crippen molar-refractivity contribution in [3.63, 3.8) is 0 Å². The third kappa shape index (κ3) is 1.98. The second kappa shape index (κ2) is 3.80. The molecule has 0 aliphatic carbocycles. The topological polar surface area (TPSA) is 52.6 Å². The lowest BCUT2D eigenvalue weighted by atomic mass is 10.3. The fraction of sp³-hybridized carbons (Fsp3) is 0.143. The van der Waals surface area contributed by atoms with Crippen molar-refractivity contribution in [2.45, 2.75) is 4.90 Å². The van der Waals surface area contributed by atoms with Gasteiger partial charge in [-0.3, -0.25) is 0 Å². The maximum atomic E-state index is 11.3. The summed E-state index contributed by atoms with van der Waals surface area (Å²) in [5, 5.41) is 0. The zero-order chi connectivity index (χ0) is 11.2. The number of hydrogen-bond acceptors (Lipinski definition) is 4. The average Bonchev–Trinajstić information content (AvgIpc) is 2.50. The zero-order valence-corrected chi connectivity index (χ0v) is 11.7. The molecular weight excluding hydrogens is 375 g/mol. The van der Waals surface area contributed by atoms with Crippen LogP contribution in [0.3, 0.4) is 0 Å². The first-order valence-corrected chi connectivity index (χ1v) is 7.53. The summed E-state index contributed by atoms with van der Waals surface area (Å²) in [7, 11) is 1.41. The lowest BCUT2D eigenvalue weighted by Crippen LogP contribution is -1.97. The predicted octanol–water partition coefficient (Wildman–Crippen LogP) is 2.87. The predicted molar refractivity (Wildman–Crippen MR) is 61.0 cm³/mol. The SMILES string of the molecule is O=S(=O)(Cl)c1c(Br)c(Br)cc2c1OCO2. The second-order valence-corrected chi connectivity index (χ2v) is 6.82. The van der Waals surface area contributed by atoms with Crippen LogP contribution in [-0.4, -0.2) is 15.2 Å². The minimum atomic E-state index is -3.89. The van der Waals surface area contributed by atoms with Gasteiger partial charge in [-0.05, 0) is 37.9 Å². The Bertz CT molecular complexity index is 528. The highest BCUT2D eigenvalue weighted by Crippen LogP contribution is 2.47. The van der Waals surface area contributed by atoms with E-state index in [1.807, 2.05) is 0 Å². The highest BCUT2D eigenvalue weighted by atomic mass is 79.9. The van der Waals surface area contributed by atoms with Crippen LogP contribution in [0.1, 0.15) is 0 Å². The summed E-state index contributed by atoms with van der Waals surface area (Å²) in [5.41, 5.74) is 0. The van der Waals surface area contributed by atoms with Crippen molar-refractivity contribution in [1.82, 2.24) is 0 Å². The number of ether oxygens (including phenoxy) is 2. The Kier molecular flexibility index (Phi) is 2.91. The van der Waals surface area contributed by atoms with E-state index < -0.39 is 9.05 Å². The summed E-state index contributed by atoms with van der Waals surface area (Å²) in [5.74, 6) is 0.490. The molecule has 2 rings (SSSR count). The lowest BCUT2D eigenvalue weighted by molar-refractivity contribution is 0.172. The zero-order valence-electron chi connectivity index (χ0n) is 6.96. The summed E-state index contributed by atoms with van der Waals surface area (Å²) in [6.07, 6.45) is 0. The largest absolute Gasteiger partial charge is 0.454 e. The van der Waals surface area contributed by atoms with Crippen LogP contribution in [0, 0.1) is 0 Å². The number of fused-ring (bicyclic) bond motifs is 1. The van der Waals surface area contributed by atoms with Gasteiger partial charge in [0.15, 0.2) is 11.5 Å². The average molecular weight is 378 g/mol. The van der Waals surface area contributed by atoms with Gasteiger partial charge < -0.3 is 9.47 Å². The van der Waals surface area contributed by atoms with Crippen LogP contribution in [0.2, 0.25) is 0 Å². The lowest BCUT2D eigenvalue weighted by Gasteiger charge is -2.06. The minimum absolute atomic E-state index is 0.0162. The fourth-order valence-corrected chi connectivity index (χ4v) is 4.08. The van der Waals surface area contributed by atoms with Crippen LogP contribution in [0.5, 0.6) is 11.5 Å². The van der Waals surface area contributed by atoms with E-state index in [1.54, 1.807) is 6.07 Å². The fourth-order valence-electron chi connectivity index (χ4n) is 1.18. The van der Waals surface area contributed by atoms with Crippen molar-refractivity contribution < 1.29 is 17.9 Å². The maximum absolute atomic E-state index is 11.3. The molecule has 0 saturated heterocycles. The van der Waals surface area contributed by atoms with E-state index >= 15 is 0 Å². The maximum Gasteiger partial charge on any atom is 0.266 e. The van der Waals surface area contributed by atoms with Gasteiger partial charge in [0.2, 0.25) is 6.79 Å². The van der Waals surface area contributed by atoms with E-state index in [0.717, 1.165) is 0 Å². The van der Waals surface area contributed by atoms with E-state index in [4.69, 9.17) is 20.2 Å². The van der Waals surface area contributed by atoms with Gasteiger partial charge in [0.25, 0.3) is 9.05 Å². The van der Waals surface area contributed by atoms with Crippen LogP contribution in [0.25, 0.3) is 0 Å². The molecule has 4 nitrogen and oxygen atoms in total.